The lowest BCUT2D eigenvalue weighted by atomic mass is 10.1. The number of carbonyl (C=O) groups excluding carboxylic acids is 1. The number of nitrogens with one attached hydrogen (secondary N) is 3. The fourth-order valence-corrected chi connectivity index (χ4v) is 1.51. The maximum absolute atomic E-state index is 11.8. The number of hydrogen-bond donors (Lipinski definition) is 4. The predicted octanol–water partition coefficient (Wildman–Crippen LogP) is -0.882. The highest BCUT2D eigenvalue weighted by atomic mass is 16.6. The smallest absolute Gasteiger partial charge is 0.290 e. The van der Waals surface area contributed by atoms with Gasteiger partial charge in [0.15, 0.2) is 5.71 Å². The normalized spacial score (nSPS) is 17.3. The van der Waals surface area contributed by atoms with Gasteiger partial charge in [-0.3, -0.25) is 20.3 Å². The minimum atomic E-state index is -0.939. The number of carbonyl (C=O) groups is 1. The Hall–Kier alpha value is -2.69. The van der Waals surface area contributed by atoms with E-state index < -0.39 is 16.9 Å². The number of hydrazine groups is 3. The van der Waals surface area contributed by atoms with Gasteiger partial charge in [0.2, 0.25) is 6.04 Å². The van der Waals surface area contributed by atoms with Crippen LogP contribution in [0.5, 0.6) is 0 Å². The molecule has 0 aromatic heterocycles. The van der Waals surface area contributed by atoms with Crippen LogP contribution in [0.15, 0.2) is 21.9 Å². The molecule has 1 unspecified atom stereocenters. The summed E-state index contributed by atoms with van der Waals surface area (Å²) >= 11 is 0. The molecule has 0 aliphatic carbocycles. The third-order valence-corrected chi connectivity index (χ3v) is 2.49. The van der Waals surface area contributed by atoms with Crippen LogP contribution in [0, 0.1) is 10.1 Å². The van der Waals surface area contributed by atoms with Crippen molar-refractivity contribution in [2.45, 2.75) is 26.3 Å². The molecule has 0 bridgehead atoms. The molecule has 1 rings (SSSR count). The Balaban J connectivity index is 2.74. The van der Waals surface area contributed by atoms with Gasteiger partial charge in [-0.1, -0.05) is 12.1 Å². The molecule has 0 fully saturated rings. The zero-order valence-electron chi connectivity index (χ0n) is 10.9. The number of nitro groups is 1. The van der Waals surface area contributed by atoms with Crippen LogP contribution >= 0.6 is 0 Å². The van der Waals surface area contributed by atoms with Gasteiger partial charge in [-0.2, -0.15) is 5.10 Å². The Bertz CT molecular complexity index is 465. The summed E-state index contributed by atoms with van der Waals surface area (Å²) in [5, 5.41) is 27.0. The third-order valence-electron chi connectivity index (χ3n) is 2.49. The van der Waals surface area contributed by atoms with Gasteiger partial charge < -0.3 is 5.21 Å². The molecule has 110 valence electrons. The molecule has 1 aliphatic rings. The Labute approximate surface area is 114 Å². The molecule has 4 N–H and O–H groups in total. The lowest BCUT2D eigenvalue weighted by Crippen LogP contribution is -2.53. The summed E-state index contributed by atoms with van der Waals surface area (Å²) in [5.41, 5.74) is 7.08. The molecule has 0 radical (unpaired) electrons. The molecular formula is C9H15N7O4. The van der Waals surface area contributed by atoms with Crippen LogP contribution < -0.4 is 16.4 Å². The molecule has 20 heavy (non-hydrogen) atoms. The summed E-state index contributed by atoms with van der Waals surface area (Å²) < 4.78 is 0. The summed E-state index contributed by atoms with van der Waals surface area (Å²) in [4.78, 5) is 22.1. The molecule has 0 aromatic rings. The van der Waals surface area contributed by atoms with E-state index in [1.165, 1.54) is 13.3 Å². The quantitative estimate of drug-likeness (QED) is 0.214. The van der Waals surface area contributed by atoms with Crippen molar-refractivity contribution in [1.82, 2.24) is 21.6 Å². The van der Waals surface area contributed by atoms with Crippen LogP contribution in [0.1, 0.15) is 20.3 Å². The first-order valence-electron chi connectivity index (χ1n) is 5.67. The summed E-state index contributed by atoms with van der Waals surface area (Å²) in [5.74, 6) is -0.768. The first-order chi connectivity index (χ1) is 9.49. The van der Waals surface area contributed by atoms with Crippen molar-refractivity contribution >= 4 is 18.0 Å². The van der Waals surface area contributed by atoms with Crippen LogP contribution in [-0.2, 0) is 4.79 Å². The van der Waals surface area contributed by atoms with E-state index in [0.29, 0.717) is 5.57 Å². The van der Waals surface area contributed by atoms with E-state index in [0.717, 1.165) is 11.3 Å². The lowest BCUT2D eigenvalue weighted by molar-refractivity contribution is -0.512. The molecule has 0 saturated carbocycles. The van der Waals surface area contributed by atoms with E-state index in [-0.39, 0.29) is 12.1 Å². The Morgan fingerprint density at radius 1 is 1.75 bits per heavy atom. The summed E-state index contributed by atoms with van der Waals surface area (Å²) in [6, 6.07) is -0.939. The van der Waals surface area contributed by atoms with Gasteiger partial charge in [0.1, 0.15) is 6.34 Å². The molecule has 1 atom stereocenters. The predicted molar refractivity (Wildman–Crippen MR) is 68.8 cm³/mol. The molecule has 11 heteroatoms. The Morgan fingerprint density at radius 3 is 2.90 bits per heavy atom. The van der Waals surface area contributed by atoms with Crippen molar-refractivity contribution in [1.29, 1.82) is 0 Å². The van der Waals surface area contributed by atoms with Crippen molar-refractivity contribution < 1.29 is 14.9 Å². The van der Waals surface area contributed by atoms with Crippen LogP contribution in [-0.4, -0.2) is 39.4 Å². The SMILES string of the molecule is CCC(C(C)=CC(=NO)C(=O)NN1NC=NN1)[N+](=O)[O-]. The standard InChI is InChI=1S/C9H15N7O4/c1-3-8(15(19)20)6(2)4-7(13-18)9(17)12-16-11-5-10-14-16/h4-5,8,14,18H,3H2,1-2H3,(H,10,11)(H,12,17). The van der Waals surface area contributed by atoms with Crippen LogP contribution in [0.3, 0.4) is 0 Å². The van der Waals surface area contributed by atoms with Crippen molar-refractivity contribution in [3.63, 3.8) is 0 Å². The summed E-state index contributed by atoms with van der Waals surface area (Å²) in [7, 11) is 0. The maximum atomic E-state index is 11.8. The number of rotatable bonds is 6. The zero-order valence-corrected chi connectivity index (χ0v) is 10.9. The van der Waals surface area contributed by atoms with E-state index in [9.17, 15) is 14.9 Å². The lowest BCUT2D eigenvalue weighted by Gasteiger charge is -2.15. The minimum Gasteiger partial charge on any atom is -0.410 e. The van der Waals surface area contributed by atoms with E-state index in [2.05, 4.69) is 26.6 Å². The second-order valence-electron chi connectivity index (χ2n) is 3.85. The number of amides is 1. The minimum absolute atomic E-state index is 0.263. The van der Waals surface area contributed by atoms with Gasteiger partial charge in [-0.25, -0.2) is 11.0 Å². The van der Waals surface area contributed by atoms with Crippen molar-refractivity contribution in [3.05, 3.63) is 21.8 Å². The first kappa shape index (κ1) is 15.4. The number of oxime groups is 1. The Kier molecular flexibility index (Phi) is 5.41. The monoisotopic (exact) mass is 285 g/mol. The molecule has 0 spiro atoms. The Morgan fingerprint density at radius 2 is 2.45 bits per heavy atom. The van der Waals surface area contributed by atoms with Crippen molar-refractivity contribution in [2.24, 2.45) is 10.3 Å². The van der Waals surface area contributed by atoms with E-state index >= 15 is 0 Å². The highest BCUT2D eigenvalue weighted by Crippen LogP contribution is 2.09. The molecule has 1 aliphatic heterocycles. The van der Waals surface area contributed by atoms with Gasteiger partial charge in [0.25, 0.3) is 5.91 Å². The first-order valence-corrected chi connectivity index (χ1v) is 5.67. The van der Waals surface area contributed by atoms with E-state index in [1.54, 1.807) is 6.92 Å². The topological polar surface area (TPSA) is 144 Å². The average Bonchev–Trinajstić information content (AvgIpc) is 2.88. The highest BCUT2D eigenvalue weighted by Gasteiger charge is 2.22. The maximum Gasteiger partial charge on any atom is 0.290 e. The second-order valence-corrected chi connectivity index (χ2v) is 3.85. The molecule has 11 nitrogen and oxygen atoms in total. The van der Waals surface area contributed by atoms with Gasteiger partial charge >= 0.3 is 0 Å². The van der Waals surface area contributed by atoms with Crippen LogP contribution in [0.4, 0.5) is 0 Å². The highest BCUT2D eigenvalue weighted by molar-refractivity contribution is 6.43. The van der Waals surface area contributed by atoms with Crippen molar-refractivity contribution in [2.75, 3.05) is 0 Å². The third kappa shape index (κ3) is 3.91. The number of hydrogen-bond acceptors (Lipinski definition) is 9. The number of nitrogens with zero attached hydrogens (tertiary/aromatic N) is 4. The molecule has 1 amide bonds. The van der Waals surface area contributed by atoms with Gasteiger partial charge in [-0.15, -0.1) is 0 Å². The molecule has 0 aromatic carbocycles. The van der Waals surface area contributed by atoms with E-state index in [4.69, 9.17) is 5.21 Å². The van der Waals surface area contributed by atoms with Crippen molar-refractivity contribution in [3.8, 4) is 0 Å². The van der Waals surface area contributed by atoms with Crippen LogP contribution in [0.2, 0.25) is 0 Å². The number of hydrazone groups is 1. The average molecular weight is 285 g/mol. The van der Waals surface area contributed by atoms with Crippen LogP contribution in [0.25, 0.3) is 0 Å². The molecular weight excluding hydrogens is 270 g/mol. The van der Waals surface area contributed by atoms with E-state index in [1.807, 2.05) is 0 Å². The largest absolute Gasteiger partial charge is 0.410 e. The molecule has 0 saturated heterocycles. The van der Waals surface area contributed by atoms with Gasteiger partial charge in [-0.05, 0) is 18.2 Å². The fourth-order valence-electron chi connectivity index (χ4n) is 1.51. The van der Waals surface area contributed by atoms with Gasteiger partial charge in [0, 0.05) is 16.9 Å². The van der Waals surface area contributed by atoms with Gasteiger partial charge in [0.05, 0.1) is 0 Å². The summed E-state index contributed by atoms with van der Waals surface area (Å²) in [6.45, 7) is 3.14. The summed E-state index contributed by atoms with van der Waals surface area (Å²) in [6.07, 6.45) is 2.69. The second kappa shape index (κ2) is 7.04. The fraction of sp³-hybridized carbons (Fsp3) is 0.444. The zero-order chi connectivity index (χ0) is 15.1. The molecule has 1 heterocycles.